The van der Waals surface area contributed by atoms with Crippen LogP contribution in [0.1, 0.15) is 6.42 Å². The van der Waals surface area contributed by atoms with E-state index in [0.717, 1.165) is 6.26 Å². The minimum absolute atomic E-state index is 0.0302. The smallest absolute Gasteiger partial charge is 0.239 e. The molecule has 0 aliphatic carbocycles. The van der Waals surface area contributed by atoms with Crippen molar-refractivity contribution in [3.63, 3.8) is 0 Å². The molecule has 0 fully saturated rings. The predicted molar refractivity (Wildman–Crippen MR) is 59.4 cm³/mol. The van der Waals surface area contributed by atoms with Gasteiger partial charge in [0.25, 0.3) is 0 Å². The Kier molecular flexibility index (Phi) is 6.66. The molecular formula is C8H17N3O4S. The van der Waals surface area contributed by atoms with Crippen molar-refractivity contribution in [1.82, 2.24) is 10.6 Å². The molecule has 0 saturated heterocycles. The van der Waals surface area contributed by atoms with Gasteiger partial charge in [0.05, 0.1) is 18.8 Å². The monoisotopic (exact) mass is 251 g/mol. The molecule has 0 aliphatic rings. The van der Waals surface area contributed by atoms with E-state index in [4.69, 9.17) is 5.73 Å². The second kappa shape index (κ2) is 7.18. The van der Waals surface area contributed by atoms with Gasteiger partial charge in [-0.05, 0) is 6.42 Å². The number of hydrogen-bond donors (Lipinski definition) is 3. The Morgan fingerprint density at radius 2 is 1.81 bits per heavy atom. The molecule has 4 N–H and O–H groups in total. The van der Waals surface area contributed by atoms with Crippen LogP contribution in [0.25, 0.3) is 0 Å². The Bertz CT molecular complexity index is 339. The number of amides is 2. The summed E-state index contributed by atoms with van der Waals surface area (Å²) in [5.74, 6) is -0.746. The van der Waals surface area contributed by atoms with E-state index >= 15 is 0 Å². The number of nitrogens with two attached hydrogens (primary N) is 1. The van der Waals surface area contributed by atoms with Crippen molar-refractivity contribution in [3.05, 3.63) is 0 Å². The fourth-order valence-electron chi connectivity index (χ4n) is 0.876. The molecule has 0 aromatic rings. The summed E-state index contributed by atoms with van der Waals surface area (Å²) in [6.45, 7) is -0.0410. The van der Waals surface area contributed by atoms with E-state index in [0.29, 0.717) is 6.42 Å². The van der Waals surface area contributed by atoms with E-state index in [9.17, 15) is 18.0 Å². The fourth-order valence-corrected chi connectivity index (χ4v) is 1.54. The van der Waals surface area contributed by atoms with E-state index in [2.05, 4.69) is 10.6 Å². The standard InChI is InChI=1S/C8H17N3O4S/c1-16(14,15)4-2-3-10-8(13)6-11-7(12)5-9/h2-6,9H2,1H3,(H,10,13)(H,11,12). The molecule has 0 unspecified atom stereocenters. The molecular weight excluding hydrogens is 234 g/mol. The Balaban J connectivity index is 3.55. The highest BCUT2D eigenvalue weighted by atomic mass is 32.2. The molecule has 2 amide bonds. The molecule has 0 radical (unpaired) electrons. The largest absolute Gasteiger partial charge is 0.355 e. The second-order valence-corrected chi connectivity index (χ2v) is 5.57. The minimum atomic E-state index is -2.99. The molecule has 0 heterocycles. The van der Waals surface area contributed by atoms with E-state index in [1.165, 1.54) is 0 Å². The molecule has 0 aliphatic heterocycles. The highest BCUT2D eigenvalue weighted by Gasteiger charge is 2.04. The van der Waals surface area contributed by atoms with Crippen molar-refractivity contribution >= 4 is 21.7 Å². The van der Waals surface area contributed by atoms with Gasteiger partial charge in [-0.15, -0.1) is 0 Å². The van der Waals surface area contributed by atoms with Crippen molar-refractivity contribution in [2.24, 2.45) is 5.73 Å². The number of sulfone groups is 1. The third kappa shape index (κ3) is 9.41. The Hall–Kier alpha value is -1.15. The second-order valence-electron chi connectivity index (χ2n) is 3.31. The molecule has 0 aromatic heterocycles. The van der Waals surface area contributed by atoms with Crippen LogP contribution in [0.2, 0.25) is 0 Å². The third-order valence-electron chi connectivity index (χ3n) is 1.65. The molecule has 0 aromatic carbocycles. The molecule has 0 rings (SSSR count). The zero-order valence-corrected chi connectivity index (χ0v) is 9.97. The summed E-state index contributed by atoms with van der Waals surface area (Å²) >= 11 is 0. The first kappa shape index (κ1) is 14.8. The van der Waals surface area contributed by atoms with E-state index < -0.39 is 15.7 Å². The first-order valence-corrected chi connectivity index (χ1v) is 6.82. The van der Waals surface area contributed by atoms with Crippen LogP contribution in [-0.4, -0.2) is 51.9 Å². The maximum Gasteiger partial charge on any atom is 0.239 e. The quantitative estimate of drug-likeness (QED) is 0.436. The van der Waals surface area contributed by atoms with Gasteiger partial charge in [0.15, 0.2) is 0 Å². The first-order chi connectivity index (χ1) is 7.35. The molecule has 0 bridgehead atoms. The lowest BCUT2D eigenvalue weighted by atomic mass is 10.4. The van der Waals surface area contributed by atoms with Crippen molar-refractivity contribution in [3.8, 4) is 0 Å². The molecule has 8 heteroatoms. The average molecular weight is 251 g/mol. The lowest BCUT2D eigenvalue weighted by Crippen LogP contribution is -2.39. The molecule has 16 heavy (non-hydrogen) atoms. The van der Waals surface area contributed by atoms with Gasteiger partial charge in [0.2, 0.25) is 11.8 Å². The zero-order chi connectivity index (χ0) is 12.6. The molecule has 0 saturated carbocycles. The summed E-state index contributed by atoms with van der Waals surface area (Å²) in [5.41, 5.74) is 5.02. The van der Waals surface area contributed by atoms with Crippen LogP contribution in [0.3, 0.4) is 0 Å². The van der Waals surface area contributed by atoms with Crippen molar-refractivity contribution in [1.29, 1.82) is 0 Å². The Morgan fingerprint density at radius 1 is 1.19 bits per heavy atom. The molecule has 0 atom stereocenters. The van der Waals surface area contributed by atoms with Gasteiger partial charge in [-0.2, -0.15) is 0 Å². The predicted octanol–water partition coefficient (Wildman–Crippen LogP) is -2.39. The average Bonchev–Trinajstić information content (AvgIpc) is 2.19. The van der Waals surface area contributed by atoms with Crippen LogP contribution in [0, 0.1) is 0 Å². The van der Waals surface area contributed by atoms with Gasteiger partial charge < -0.3 is 16.4 Å². The van der Waals surface area contributed by atoms with Crippen LogP contribution in [0.4, 0.5) is 0 Å². The van der Waals surface area contributed by atoms with Crippen LogP contribution in [-0.2, 0) is 19.4 Å². The molecule has 0 spiro atoms. The SMILES string of the molecule is CS(=O)(=O)CCCNC(=O)CNC(=O)CN. The van der Waals surface area contributed by atoms with Crippen LogP contribution in [0.5, 0.6) is 0 Å². The summed E-state index contributed by atoms with van der Waals surface area (Å²) in [6.07, 6.45) is 1.49. The minimum Gasteiger partial charge on any atom is -0.355 e. The molecule has 94 valence electrons. The summed E-state index contributed by atoms with van der Waals surface area (Å²) < 4.78 is 21.5. The topological polar surface area (TPSA) is 118 Å². The fraction of sp³-hybridized carbons (Fsp3) is 0.750. The van der Waals surface area contributed by atoms with Gasteiger partial charge in [-0.1, -0.05) is 0 Å². The lowest BCUT2D eigenvalue weighted by molar-refractivity contribution is -0.125. The number of carbonyl (C=O) groups excluding carboxylic acids is 2. The Morgan fingerprint density at radius 3 is 2.31 bits per heavy atom. The normalized spacial score (nSPS) is 10.9. The summed E-state index contributed by atoms with van der Waals surface area (Å²) in [7, 11) is -2.99. The van der Waals surface area contributed by atoms with Crippen molar-refractivity contribution in [2.75, 3.05) is 31.6 Å². The van der Waals surface area contributed by atoms with E-state index in [1.54, 1.807) is 0 Å². The van der Waals surface area contributed by atoms with E-state index in [-0.39, 0.29) is 31.3 Å². The Labute approximate surface area is 94.7 Å². The summed E-state index contributed by atoms with van der Waals surface area (Å²) in [5, 5.41) is 4.77. The number of nitrogens with one attached hydrogen (secondary N) is 2. The number of hydrogen-bond acceptors (Lipinski definition) is 5. The van der Waals surface area contributed by atoms with E-state index in [1.807, 2.05) is 0 Å². The maximum absolute atomic E-state index is 11.1. The highest BCUT2D eigenvalue weighted by molar-refractivity contribution is 7.90. The lowest BCUT2D eigenvalue weighted by Gasteiger charge is -2.05. The van der Waals surface area contributed by atoms with Gasteiger partial charge in [0, 0.05) is 12.8 Å². The maximum atomic E-state index is 11.1. The number of carbonyl (C=O) groups is 2. The zero-order valence-electron chi connectivity index (χ0n) is 9.15. The van der Waals surface area contributed by atoms with Gasteiger partial charge in [0.1, 0.15) is 9.84 Å². The van der Waals surface area contributed by atoms with Crippen molar-refractivity contribution in [2.45, 2.75) is 6.42 Å². The summed E-state index contributed by atoms with van der Waals surface area (Å²) in [6, 6.07) is 0. The van der Waals surface area contributed by atoms with Crippen molar-refractivity contribution < 1.29 is 18.0 Å². The number of rotatable bonds is 7. The van der Waals surface area contributed by atoms with Gasteiger partial charge >= 0.3 is 0 Å². The molecule has 7 nitrogen and oxygen atoms in total. The first-order valence-electron chi connectivity index (χ1n) is 4.76. The third-order valence-corrected chi connectivity index (χ3v) is 2.68. The van der Waals surface area contributed by atoms with Gasteiger partial charge in [-0.3, -0.25) is 9.59 Å². The highest BCUT2D eigenvalue weighted by Crippen LogP contribution is 1.86. The van der Waals surface area contributed by atoms with Crippen LogP contribution in [0.15, 0.2) is 0 Å². The van der Waals surface area contributed by atoms with Crippen LogP contribution >= 0.6 is 0 Å². The van der Waals surface area contributed by atoms with Gasteiger partial charge in [-0.25, -0.2) is 8.42 Å². The summed E-state index contributed by atoms with van der Waals surface area (Å²) in [4.78, 5) is 21.8. The van der Waals surface area contributed by atoms with Crippen LogP contribution < -0.4 is 16.4 Å².